The highest BCUT2D eigenvalue weighted by Gasteiger charge is 2.07. The summed E-state index contributed by atoms with van der Waals surface area (Å²) < 4.78 is 16.8. The van der Waals surface area contributed by atoms with E-state index in [0.29, 0.717) is 28.3 Å². The Labute approximate surface area is 146 Å². The Kier molecular flexibility index (Phi) is 6.96. The van der Waals surface area contributed by atoms with Crippen molar-refractivity contribution in [3.63, 3.8) is 0 Å². The van der Waals surface area contributed by atoms with Gasteiger partial charge >= 0.3 is 0 Å². The number of rotatable bonds is 8. The van der Waals surface area contributed by atoms with Gasteiger partial charge in [-0.2, -0.15) is 0 Å². The highest BCUT2D eigenvalue weighted by atomic mass is 35.5. The van der Waals surface area contributed by atoms with E-state index < -0.39 is 0 Å². The van der Waals surface area contributed by atoms with Crippen LogP contribution >= 0.6 is 23.2 Å². The third-order valence-corrected chi connectivity index (χ3v) is 3.33. The van der Waals surface area contributed by atoms with Crippen LogP contribution in [0.15, 0.2) is 36.5 Å². The molecule has 0 saturated heterocycles. The maximum Gasteiger partial charge on any atom is 0.238 e. The van der Waals surface area contributed by atoms with E-state index in [9.17, 15) is 0 Å². The molecule has 0 aliphatic carbocycles. The summed E-state index contributed by atoms with van der Waals surface area (Å²) in [5.74, 6) is 1.68. The Hall–Kier alpha value is -1.49. The molecule has 2 rings (SSSR count). The van der Waals surface area contributed by atoms with Crippen molar-refractivity contribution in [2.45, 2.75) is 26.4 Å². The summed E-state index contributed by atoms with van der Waals surface area (Å²) in [7, 11) is 0. The topological polar surface area (TPSA) is 40.6 Å². The van der Waals surface area contributed by atoms with Gasteiger partial charge in [0, 0.05) is 12.8 Å². The lowest BCUT2D eigenvalue weighted by Gasteiger charge is -2.15. The Morgan fingerprint density at radius 3 is 2.48 bits per heavy atom. The Balaban J connectivity index is 1.91. The lowest BCUT2D eigenvalue weighted by atomic mass is 10.3. The molecule has 0 aliphatic heterocycles. The number of halogens is 2. The molecule has 1 atom stereocenters. The first-order chi connectivity index (χ1) is 11.1. The van der Waals surface area contributed by atoms with Crippen molar-refractivity contribution < 1.29 is 14.2 Å². The number of nitrogens with zero attached hydrogens (tertiary/aromatic N) is 1. The van der Waals surface area contributed by atoms with Gasteiger partial charge in [-0.15, -0.1) is 0 Å². The molecular weight excluding hydrogens is 337 g/mol. The summed E-state index contributed by atoms with van der Waals surface area (Å²) in [6.07, 6.45) is 2.47. The van der Waals surface area contributed by atoms with Gasteiger partial charge in [0.1, 0.15) is 22.6 Å². The fraction of sp³-hybridized carbons (Fsp3) is 0.353. The van der Waals surface area contributed by atoms with E-state index >= 15 is 0 Å². The van der Waals surface area contributed by atoms with Crippen molar-refractivity contribution in [1.29, 1.82) is 0 Å². The second kappa shape index (κ2) is 8.96. The van der Waals surface area contributed by atoms with E-state index in [-0.39, 0.29) is 6.10 Å². The first-order valence-electron chi connectivity index (χ1n) is 7.42. The number of benzene rings is 1. The lowest BCUT2D eigenvalue weighted by molar-refractivity contribution is 0.0589. The van der Waals surface area contributed by atoms with Gasteiger partial charge in [0.25, 0.3) is 0 Å². The molecule has 1 unspecified atom stereocenters. The fourth-order valence-electron chi connectivity index (χ4n) is 1.83. The zero-order valence-electron chi connectivity index (χ0n) is 13.1. The minimum Gasteiger partial charge on any atom is -0.488 e. The molecule has 124 valence electrons. The highest BCUT2D eigenvalue weighted by molar-refractivity contribution is 6.35. The van der Waals surface area contributed by atoms with Gasteiger partial charge in [-0.3, -0.25) is 0 Å². The molecule has 1 aromatic carbocycles. The average Bonchev–Trinajstić information content (AvgIpc) is 2.52. The maximum absolute atomic E-state index is 6.03. The number of ether oxygens (including phenoxy) is 3. The van der Waals surface area contributed by atoms with Crippen molar-refractivity contribution in [2.24, 2.45) is 0 Å². The molecule has 0 spiro atoms. The summed E-state index contributed by atoms with van der Waals surface area (Å²) in [4.78, 5) is 4.05. The largest absolute Gasteiger partial charge is 0.488 e. The van der Waals surface area contributed by atoms with Crippen LogP contribution in [-0.2, 0) is 4.74 Å². The van der Waals surface area contributed by atoms with Crippen LogP contribution in [0.4, 0.5) is 0 Å². The molecule has 23 heavy (non-hydrogen) atoms. The molecular formula is C17H19Cl2NO3. The summed E-state index contributed by atoms with van der Waals surface area (Å²) in [5.41, 5.74) is 0. The van der Waals surface area contributed by atoms with Gasteiger partial charge in [0.05, 0.1) is 11.6 Å². The molecule has 0 radical (unpaired) electrons. The first-order valence-corrected chi connectivity index (χ1v) is 8.17. The summed E-state index contributed by atoms with van der Waals surface area (Å²) in [5, 5.41) is 0.824. The molecule has 0 saturated carbocycles. The Morgan fingerprint density at radius 1 is 1.13 bits per heavy atom. The van der Waals surface area contributed by atoms with Crippen LogP contribution in [0.25, 0.3) is 0 Å². The Morgan fingerprint density at radius 2 is 1.83 bits per heavy atom. The van der Waals surface area contributed by atoms with Crippen molar-refractivity contribution in [1.82, 2.24) is 4.98 Å². The third-order valence-electron chi connectivity index (χ3n) is 2.85. The van der Waals surface area contributed by atoms with E-state index in [4.69, 9.17) is 37.4 Å². The minimum absolute atomic E-state index is 0.0132. The van der Waals surface area contributed by atoms with Crippen LogP contribution in [0.1, 0.15) is 20.3 Å². The highest BCUT2D eigenvalue weighted by Crippen LogP contribution is 2.29. The van der Waals surface area contributed by atoms with Gasteiger partial charge in [-0.05, 0) is 43.7 Å². The second-order valence-electron chi connectivity index (χ2n) is 5.02. The number of hydrogen-bond acceptors (Lipinski definition) is 4. The molecule has 0 aliphatic rings. The molecule has 1 aromatic heterocycles. The van der Waals surface area contributed by atoms with Crippen LogP contribution in [0.3, 0.4) is 0 Å². The van der Waals surface area contributed by atoms with Gasteiger partial charge in [0.15, 0.2) is 0 Å². The van der Waals surface area contributed by atoms with Crippen LogP contribution < -0.4 is 9.47 Å². The lowest BCUT2D eigenvalue weighted by Crippen LogP contribution is -2.19. The Bertz CT molecular complexity index is 620. The van der Waals surface area contributed by atoms with Crippen LogP contribution in [0.5, 0.6) is 17.4 Å². The summed E-state index contributed by atoms with van der Waals surface area (Å²) in [6.45, 7) is 5.36. The van der Waals surface area contributed by atoms with E-state index in [1.54, 1.807) is 18.2 Å². The number of hydrogen-bond donors (Lipinski definition) is 0. The fourth-order valence-corrected chi connectivity index (χ4v) is 2.25. The van der Waals surface area contributed by atoms with Crippen LogP contribution in [-0.4, -0.2) is 24.3 Å². The SMILES string of the molecule is CCCOCC(C)Oc1ccc(Oc2ncc(Cl)cc2Cl)cc1. The molecule has 0 N–H and O–H groups in total. The summed E-state index contributed by atoms with van der Waals surface area (Å²) in [6, 6.07) is 8.83. The van der Waals surface area contributed by atoms with Gasteiger partial charge < -0.3 is 14.2 Å². The molecule has 0 fully saturated rings. The number of aromatic nitrogens is 1. The predicted molar refractivity (Wildman–Crippen MR) is 92.0 cm³/mol. The molecule has 0 amide bonds. The van der Waals surface area contributed by atoms with E-state index in [2.05, 4.69) is 11.9 Å². The average molecular weight is 356 g/mol. The zero-order chi connectivity index (χ0) is 16.7. The molecule has 1 heterocycles. The smallest absolute Gasteiger partial charge is 0.238 e. The molecule has 0 bridgehead atoms. The van der Waals surface area contributed by atoms with Gasteiger partial charge in [-0.25, -0.2) is 4.98 Å². The normalized spacial score (nSPS) is 12.0. The number of pyridine rings is 1. The van der Waals surface area contributed by atoms with Crippen molar-refractivity contribution >= 4 is 23.2 Å². The molecule has 2 aromatic rings. The maximum atomic E-state index is 6.03. The minimum atomic E-state index is -0.0132. The van der Waals surface area contributed by atoms with Crippen LogP contribution in [0.2, 0.25) is 10.0 Å². The van der Waals surface area contributed by atoms with Gasteiger partial charge in [0.2, 0.25) is 5.88 Å². The van der Waals surface area contributed by atoms with Crippen molar-refractivity contribution in [3.8, 4) is 17.4 Å². The summed E-state index contributed by atoms with van der Waals surface area (Å²) >= 11 is 11.8. The second-order valence-corrected chi connectivity index (χ2v) is 5.86. The van der Waals surface area contributed by atoms with Crippen molar-refractivity contribution in [2.75, 3.05) is 13.2 Å². The zero-order valence-corrected chi connectivity index (χ0v) is 14.6. The first kappa shape index (κ1) is 17.9. The van der Waals surface area contributed by atoms with E-state index in [1.165, 1.54) is 6.20 Å². The quantitative estimate of drug-likeness (QED) is 0.596. The molecule has 4 nitrogen and oxygen atoms in total. The van der Waals surface area contributed by atoms with Crippen LogP contribution in [0, 0.1) is 0 Å². The standard InChI is InChI=1S/C17H19Cl2NO3/c1-3-8-21-11-12(2)22-14-4-6-15(7-5-14)23-17-16(19)9-13(18)10-20-17/h4-7,9-10,12H,3,8,11H2,1-2H3. The van der Waals surface area contributed by atoms with E-state index in [1.807, 2.05) is 19.1 Å². The predicted octanol–water partition coefficient (Wildman–Crippen LogP) is 5.37. The molecule has 6 heteroatoms. The monoisotopic (exact) mass is 355 g/mol. The van der Waals surface area contributed by atoms with Crippen molar-refractivity contribution in [3.05, 3.63) is 46.6 Å². The third kappa shape index (κ3) is 5.90. The van der Waals surface area contributed by atoms with E-state index in [0.717, 1.165) is 18.8 Å². The van der Waals surface area contributed by atoms with Gasteiger partial charge in [-0.1, -0.05) is 30.1 Å².